The van der Waals surface area contributed by atoms with Crippen LogP contribution in [0.1, 0.15) is 10.4 Å². The van der Waals surface area contributed by atoms with E-state index in [1.165, 1.54) is 14.2 Å². The first kappa shape index (κ1) is 12.8. The Kier molecular flexibility index (Phi) is 4.75. The number of esters is 1. The molecule has 1 rings (SSSR count). The Morgan fingerprint density at radius 3 is 2.65 bits per heavy atom. The molecule has 0 aliphatic carbocycles. The van der Waals surface area contributed by atoms with Crippen LogP contribution >= 0.6 is 0 Å². The second-order valence-corrected chi connectivity index (χ2v) is 2.94. The number of hydrogen-bond donors (Lipinski definition) is 0. The van der Waals surface area contributed by atoms with Crippen molar-refractivity contribution in [1.29, 1.82) is 0 Å². The van der Waals surface area contributed by atoms with Crippen molar-refractivity contribution in [2.75, 3.05) is 14.2 Å². The topological polar surface area (TPSA) is 61.8 Å². The Bertz CT molecular complexity index is 437. The van der Waals surface area contributed by atoms with Gasteiger partial charge in [0.05, 0.1) is 32.1 Å². The molecule has 5 heteroatoms. The van der Waals surface area contributed by atoms with E-state index in [4.69, 9.17) is 9.47 Å². The van der Waals surface area contributed by atoms with E-state index < -0.39 is 5.97 Å². The van der Waals surface area contributed by atoms with Crippen LogP contribution in [-0.4, -0.2) is 26.5 Å². The molecule has 17 heavy (non-hydrogen) atoms. The molecule has 1 aromatic carbocycles. The minimum Gasteiger partial charge on any atom is -0.493 e. The predicted octanol–water partition coefficient (Wildman–Crippen LogP) is 1.57. The highest BCUT2D eigenvalue weighted by Gasteiger charge is 2.08. The number of ether oxygens (including phenoxy) is 3. The van der Waals surface area contributed by atoms with Crippen LogP contribution in [0.4, 0.5) is 0 Å². The molecule has 0 heterocycles. The maximum absolute atomic E-state index is 10.8. The Labute approximate surface area is 98.6 Å². The predicted molar refractivity (Wildman–Crippen MR) is 60.2 cm³/mol. The van der Waals surface area contributed by atoms with Crippen LogP contribution in [0.25, 0.3) is 0 Å². The molecule has 0 atom stereocenters. The highest BCUT2D eigenvalue weighted by Crippen LogP contribution is 2.30. The van der Waals surface area contributed by atoms with E-state index >= 15 is 0 Å². The zero-order valence-corrected chi connectivity index (χ0v) is 9.51. The smallest absolute Gasteiger partial charge is 0.333 e. The van der Waals surface area contributed by atoms with Crippen molar-refractivity contribution in [3.63, 3.8) is 0 Å². The van der Waals surface area contributed by atoms with Gasteiger partial charge in [-0.2, -0.15) is 0 Å². The normalized spacial score (nSPS) is 10.0. The second-order valence-electron chi connectivity index (χ2n) is 2.94. The molecule has 5 nitrogen and oxygen atoms in total. The number of rotatable bonds is 5. The Morgan fingerprint density at radius 1 is 1.29 bits per heavy atom. The lowest BCUT2D eigenvalue weighted by molar-refractivity contribution is -0.134. The fourth-order valence-electron chi connectivity index (χ4n) is 1.14. The van der Waals surface area contributed by atoms with Crippen LogP contribution in [0.3, 0.4) is 0 Å². The average Bonchev–Trinajstić information content (AvgIpc) is 2.38. The van der Waals surface area contributed by atoms with Crippen LogP contribution < -0.4 is 9.47 Å². The molecule has 0 aromatic heterocycles. The zero-order chi connectivity index (χ0) is 12.7. The first-order valence-electron chi connectivity index (χ1n) is 4.76. The van der Waals surface area contributed by atoms with Gasteiger partial charge >= 0.3 is 5.97 Å². The molecular weight excluding hydrogens is 224 g/mol. The van der Waals surface area contributed by atoms with Gasteiger partial charge in [0.2, 0.25) is 0 Å². The number of carbonyl (C=O) groups excluding carboxylic acids is 2. The second kappa shape index (κ2) is 6.32. The molecule has 0 fully saturated rings. The first-order valence-corrected chi connectivity index (χ1v) is 4.76. The quantitative estimate of drug-likeness (QED) is 0.336. The van der Waals surface area contributed by atoms with Gasteiger partial charge in [0.1, 0.15) is 0 Å². The molecule has 90 valence electrons. The van der Waals surface area contributed by atoms with Crippen molar-refractivity contribution in [1.82, 2.24) is 0 Å². The van der Waals surface area contributed by atoms with Crippen LogP contribution in [0.5, 0.6) is 11.5 Å². The summed E-state index contributed by atoms with van der Waals surface area (Å²) in [5.41, 5.74) is 0.332. The largest absolute Gasteiger partial charge is 0.493 e. The van der Waals surface area contributed by atoms with Gasteiger partial charge in [-0.15, -0.1) is 0 Å². The van der Waals surface area contributed by atoms with Crippen molar-refractivity contribution in [2.24, 2.45) is 0 Å². The lowest BCUT2D eigenvalue weighted by atomic mass is 10.2. The van der Waals surface area contributed by atoms with Crippen LogP contribution in [0.2, 0.25) is 0 Å². The van der Waals surface area contributed by atoms with Gasteiger partial charge < -0.3 is 14.2 Å². The Morgan fingerprint density at radius 2 is 2.06 bits per heavy atom. The average molecular weight is 236 g/mol. The van der Waals surface area contributed by atoms with Crippen molar-refractivity contribution in [3.05, 3.63) is 36.1 Å². The maximum Gasteiger partial charge on any atom is 0.333 e. The Hall–Kier alpha value is -2.30. The summed E-state index contributed by atoms with van der Waals surface area (Å²) in [7, 11) is 2.72. The molecule has 0 aliphatic rings. The van der Waals surface area contributed by atoms with Gasteiger partial charge in [-0.3, -0.25) is 4.79 Å². The molecule has 0 saturated carbocycles. The highest BCUT2D eigenvalue weighted by atomic mass is 16.5. The van der Waals surface area contributed by atoms with Crippen molar-refractivity contribution in [2.45, 2.75) is 0 Å². The van der Waals surface area contributed by atoms with E-state index in [1.54, 1.807) is 18.2 Å². The van der Waals surface area contributed by atoms with E-state index in [0.717, 1.165) is 12.3 Å². The number of methoxy groups -OCH3 is 2. The molecule has 0 aliphatic heterocycles. The maximum atomic E-state index is 10.8. The van der Waals surface area contributed by atoms with E-state index in [2.05, 4.69) is 4.74 Å². The third-order valence-electron chi connectivity index (χ3n) is 1.95. The minimum atomic E-state index is -0.549. The number of carbonyl (C=O) groups is 2. The number of benzene rings is 1. The zero-order valence-electron chi connectivity index (χ0n) is 9.51. The molecule has 0 saturated heterocycles. The number of aldehydes is 1. The van der Waals surface area contributed by atoms with Gasteiger partial charge in [-0.25, -0.2) is 4.79 Å². The third kappa shape index (κ3) is 3.34. The minimum absolute atomic E-state index is 0.255. The van der Waals surface area contributed by atoms with Crippen LogP contribution in [0.15, 0.2) is 30.5 Å². The summed E-state index contributed by atoms with van der Waals surface area (Å²) < 4.78 is 14.6. The highest BCUT2D eigenvalue weighted by molar-refractivity contribution is 5.82. The van der Waals surface area contributed by atoms with E-state index in [1.807, 2.05) is 0 Å². The number of hydrogen-bond acceptors (Lipinski definition) is 5. The van der Waals surface area contributed by atoms with E-state index in [0.29, 0.717) is 17.6 Å². The van der Waals surface area contributed by atoms with E-state index in [-0.39, 0.29) is 5.75 Å². The lowest BCUT2D eigenvalue weighted by Gasteiger charge is -2.08. The van der Waals surface area contributed by atoms with Gasteiger partial charge in [0, 0.05) is 0 Å². The summed E-state index contributed by atoms with van der Waals surface area (Å²) >= 11 is 0. The van der Waals surface area contributed by atoms with Gasteiger partial charge in [0.15, 0.2) is 17.8 Å². The van der Waals surface area contributed by atoms with Crippen LogP contribution in [0, 0.1) is 0 Å². The molecule has 0 unspecified atom stereocenters. The SMILES string of the molecule is COC(=O)/C=C/Oc1c(C=O)cccc1OC. The molecule has 0 amide bonds. The first-order chi connectivity index (χ1) is 8.22. The summed E-state index contributed by atoms with van der Waals surface area (Å²) in [5, 5.41) is 0. The molecule has 0 N–H and O–H groups in total. The summed E-state index contributed by atoms with van der Waals surface area (Å²) in [6, 6.07) is 4.89. The van der Waals surface area contributed by atoms with Crippen molar-refractivity contribution in [3.8, 4) is 11.5 Å². The third-order valence-corrected chi connectivity index (χ3v) is 1.95. The fraction of sp³-hybridized carbons (Fsp3) is 0.167. The Balaban J connectivity index is 2.92. The van der Waals surface area contributed by atoms with Gasteiger partial charge in [-0.1, -0.05) is 6.07 Å². The number of para-hydroxylation sites is 1. The summed E-state index contributed by atoms with van der Waals surface area (Å²) in [5.74, 6) is 0.113. The monoisotopic (exact) mass is 236 g/mol. The molecular formula is C12H12O5. The molecule has 0 radical (unpaired) electrons. The molecule has 1 aromatic rings. The van der Waals surface area contributed by atoms with Crippen molar-refractivity contribution >= 4 is 12.3 Å². The van der Waals surface area contributed by atoms with Gasteiger partial charge in [-0.05, 0) is 12.1 Å². The van der Waals surface area contributed by atoms with Crippen molar-refractivity contribution < 1.29 is 23.8 Å². The van der Waals surface area contributed by atoms with E-state index in [9.17, 15) is 9.59 Å². The summed E-state index contributed by atoms with van der Waals surface area (Å²) in [6.45, 7) is 0. The summed E-state index contributed by atoms with van der Waals surface area (Å²) in [6.07, 6.45) is 2.88. The standard InChI is InChI=1S/C12H12O5/c1-15-10-5-3-4-9(8-13)12(10)17-7-6-11(14)16-2/h3-8H,1-2H3/b7-6+. The summed E-state index contributed by atoms with van der Waals surface area (Å²) in [4.78, 5) is 21.6. The van der Waals surface area contributed by atoms with Gasteiger partial charge in [0.25, 0.3) is 0 Å². The molecule has 0 bridgehead atoms. The van der Waals surface area contributed by atoms with Crippen LogP contribution in [-0.2, 0) is 9.53 Å². The molecule has 0 spiro atoms. The fourth-order valence-corrected chi connectivity index (χ4v) is 1.14. The lowest BCUT2D eigenvalue weighted by Crippen LogP contribution is -1.97.